The molecule has 3 aromatic rings. The third kappa shape index (κ3) is 5.09. The molecule has 122 valence electrons. The Hall–Kier alpha value is -0.820. The van der Waals surface area contributed by atoms with Crippen LogP contribution in [0.25, 0.3) is 0 Å². The van der Waals surface area contributed by atoms with Gasteiger partial charge in [-0.25, -0.2) is 0 Å². The Bertz CT molecular complexity index is 771. The van der Waals surface area contributed by atoms with Gasteiger partial charge < -0.3 is 9.47 Å². The molecule has 0 saturated heterocycles. The SMILES string of the molecule is Brc1cc(Br)cc(Oc2cccc(Oc3cc(Br)cc(Br)c3)c2)c1. The maximum atomic E-state index is 5.91. The summed E-state index contributed by atoms with van der Waals surface area (Å²) in [5.41, 5.74) is 0. The summed E-state index contributed by atoms with van der Waals surface area (Å²) in [7, 11) is 0. The first kappa shape index (κ1) is 18.0. The molecule has 0 bridgehead atoms. The number of hydrogen-bond donors (Lipinski definition) is 0. The molecule has 0 saturated carbocycles. The van der Waals surface area contributed by atoms with Crippen LogP contribution in [-0.4, -0.2) is 0 Å². The van der Waals surface area contributed by atoms with Gasteiger partial charge in [0.2, 0.25) is 0 Å². The van der Waals surface area contributed by atoms with Crippen LogP contribution in [0, 0.1) is 0 Å². The number of ether oxygens (including phenoxy) is 2. The van der Waals surface area contributed by atoms with Crippen LogP contribution in [-0.2, 0) is 0 Å². The van der Waals surface area contributed by atoms with Crippen molar-refractivity contribution in [2.75, 3.05) is 0 Å². The van der Waals surface area contributed by atoms with E-state index in [4.69, 9.17) is 9.47 Å². The van der Waals surface area contributed by atoms with E-state index >= 15 is 0 Å². The molecule has 6 heteroatoms. The maximum absolute atomic E-state index is 5.91. The van der Waals surface area contributed by atoms with E-state index in [9.17, 15) is 0 Å². The quantitative estimate of drug-likeness (QED) is 0.310. The summed E-state index contributed by atoms with van der Waals surface area (Å²) in [4.78, 5) is 0. The lowest BCUT2D eigenvalue weighted by atomic mass is 10.3. The molecule has 0 unspecified atom stereocenters. The van der Waals surface area contributed by atoms with Gasteiger partial charge in [-0.3, -0.25) is 0 Å². The van der Waals surface area contributed by atoms with E-state index in [0.717, 1.165) is 29.4 Å². The third-order valence-electron chi connectivity index (χ3n) is 2.95. The van der Waals surface area contributed by atoms with Crippen molar-refractivity contribution in [3.63, 3.8) is 0 Å². The van der Waals surface area contributed by atoms with Crippen molar-refractivity contribution in [2.24, 2.45) is 0 Å². The molecule has 0 N–H and O–H groups in total. The van der Waals surface area contributed by atoms with Crippen LogP contribution in [0.15, 0.2) is 78.6 Å². The Kier molecular flexibility index (Phi) is 6.02. The fourth-order valence-electron chi connectivity index (χ4n) is 2.05. The van der Waals surface area contributed by atoms with Crippen LogP contribution in [0.2, 0.25) is 0 Å². The summed E-state index contributed by atoms with van der Waals surface area (Å²) in [6.07, 6.45) is 0. The van der Waals surface area contributed by atoms with Gasteiger partial charge in [-0.05, 0) is 48.5 Å². The summed E-state index contributed by atoms with van der Waals surface area (Å²) in [5.74, 6) is 2.87. The molecule has 0 amide bonds. The highest BCUT2D eigenvalue weighted by molar-refractivity contribution is 9.11. The Balaban J connectivity index is 1.81. The highest BCUT2D eigenvalue weighted by atomic mass is 79.9. The van der Waals surface area contributed by atoms with Crippen molar-refractivity contribution in [1.29, 1.82) is 0 Å². The van der Waals surface area contributed by atoms with Crippen molar-refractivity contribution in [3.8, 4) is 23.0 Å². The molecule has 2 nitrogen and oxygen atoms in total. The van der Waals surface area contributed by atoms with Crippen LogP contribution in [0.1, 0.15) is 0 Å². The molecule has 0 aromatic heterocycles. The van der Waals surface area contributed by atoms with Gasteiger partial charge >= 0.3 is 0 Å². The Morgan fingerprint density at radius 2 is 0.833 bits per heavy atom. The van der Waals surface area contributed by atoms with E-state index in [0.29, 0.717) is 11.5 Å². The summed E-state index contributed by atoms with van der Waals surface area (Å²) in [6, 6.07) is 19.1. The van der Waals surface area contributed by atoms with E-state index in [1.54, 1.807) is 0 Å². The Labute approximate surface area is 173 Å². The summed E-state index contributed by atoms with van der Waals surface area (Å²) in [5, 5.41) is 0. The van der Waals surface area contributed by atoms with Crippen molar-refractivity contribution < 1.29 is 9.47 Å². The van der Waals surface area contributed by atoms with E-state index < -0.39 is 0 Å². The fourth-order valence-corrected chi connectivity index (χ4v) is 4.55. The lowest BCUT2D eigenvalue weighted by Gasteiger charge is -2.10. The van der Waals surface area contributed by atoms with Gasteiger partial charge in [-0.1, -0.05) is 69.8 Å². The monoisotopic (exact) mass is 574 g/mol. The average molecular weight is 578 g/mol. The van der Waals surface area contributed by atoms with Gasteiger partial charge in [0.25, 0.3) is 0 Å². The predicted molar refractivity (Wildman–Crippen MR) is 110 cm³/mol. The molecule has 0 atom stereocenters. The third-order valence-corrected chi connectivity index (χ3v) is 4.78. The molecule has 3 rings (SSSR count). The van der Waals surface area contributed by atoms with Gasteiger partial charge in [0, 0.05) is 24.0 Å². The molecule has 0 aliphatic rings. The van der Waals surface area contributed by atoms with Crippen LogP contribution in [0.4, 0.5) is 0 Å². The molecule has 0 aliphatic heterocycles. The predicted octanol–water partition coefficient (Wildman–Crippen LogP) is 8.32. The smallest absolute Gasteiger partial charge is 0.131 e. The van der Waals surface area contributed by atoms with Crippen molar-refractivity contribution in [3.05, 3.63) is 78.6 Å². The van der Waals surface area contributed by atoms with Crippen molar-refractivity contribution >= 4 is 63.7 Å². The van der Waals surface area contributed by atoms with Crippen LogP contribution in [0.5, 0.6) is 23.0 Å². The second kappa shape index (κ2) is 8.04. The second-order valence-corrected chi connectivity index (χ2v) is 8.55. The molecular formula is C18H10Br4O2. The minimum Gasteiger partial charge on any atom is -0.457 e. The maximum Gasteiger partial charge on any atom is 0.131 e. The zero-order chi connectivity index (χ0) is 17.1. The fraction of sp³-hybridized carbons (Fsp3) is 0. The lowest BCUT2D eigenvalue weighted by Crippen LogP contribution is -1.88. The summed E-state index contributed by atoms with van der Waals surface area (Å²) >= 11 is 13.8. The molecule has 0 fully saturated rings. The van der Waals surface area contributed by atoms with Crippen LogP contribution < -0.4 is 9.47 Å². The first-order valence-electron chi connectivity index (χ1n) is 6.86. The zero-order valence-corrected chi connectivity index (χ0v) is 18.4. The first-order valence-corrected chi connectivity index (χ1v) is 10.0. The normalized spacial score (nSPS) is 10.5. The molecule has 0 heterocycles. The van der Waals surface area contributed by atoms with Crippen LogP contribution in [0.3, 0.4) is 0 Å². The minimum atomic E-state index is 0.701. The van der Waals surface area contributed by atoms with Crippen LogP contribution >= 0.6 is 63.7 Å². The first-order chi connectivity index (χ1) is 11.5. The number of rotatable bonds is 4. The largest absolute Gasteiger partial charge is 0.457 e. The lowest BCUT2D eigenvalue weighted by molar-refractivity contribution is 0.459. The Morgan fingerprint density at radius 1 is 0.458 bits per heavy atom. The molecule has 24 heavy (non-hydrogen) atoms. The molecule has 3 aromatic carbocycles. The van der Waals surface area contributed by atoms with E-state index in [2.05, 4.69) is 63.7 Å². The number of halogens is 4. The average Bonchev–Trinajstić information content (AvgIpc) is 2.45. The van der Waals surface area contributed by atoms with E-state index in [-0.39, 0.29) is 0 Å². The Morgan fingerprint density at radius 3 is 1.21 bits per heavy atom. The molecule has 0 aliphatic carbocycles. The second-order valence-electron chi connectivity index (χ2n) is 4.89. The van der Waals surface area contributed by atoms with Gasteiger partial charge in [0.15, 0.2) is 0 Å². The van der Waals surface area contributed by atoms with Gasteiger partial charge in [0.05, 0.1) is 0 Å². The molecule has 0 radical (unpaired) electrons. The molecule has 0 spiro atoms. The highest BCUT2D eigenvalue weighted by Crippen LogP contribution is 2.33. The minimum absolute atomic E-state index is 0.701. The highest BCUT2D eigenvalue weighted by Gasteiger charge is 2.05. The van der Waals surface area contributed by atoms with Gasteiger partial charge in [-0.15, -0.1) is 0 Å². The summed E-state index contributed by atoms with van der Waals surface area (Å²) in [6.45, 7) is 0. The number of hydrogen-bond acceptors (Lipinski definition) is 2. The summed E-state index contributed by atoms with van der Waals surface area (Å²) < 4.78 is 15.6. The molecular weight excluding hydrogens is 568 g/mol. The topological polar surface area (TPSA) is 18.5 Å². The van der Waals surface area contributed by atoms with E-state index in [1.165, 1.54) is 0 Å². The number of benzene rings is 3. The van der Waals surface area contributed by atoms with Gasteiger partial charge in [-0.2, -0.15) is 0 Å². The van der Waals surface area contributed by atoms with Crippen molar-refractivity contribution in [1.82, 2.24) is 0 Å². The van der Waals surface area contributed by atoms with E-state index in [1.807, 2.05) is 60.7 Å². The van der Waals surface area contributed by atoms with Crippen molar-refractivity contribution in [2.45, 2.75) is 0 Å². The standard InChI is InChI=1S/C18H10Br4O2/c19-11-4-12(20)7-17(6-11)23-15-2-1-3-16(10-15)24-18-8-13(21)5-14(22)9-18/h1-10H. The zero-order valence-electron chi connectivity index (χ0n) is 12.1. The van der Waals surface area contributed by atoms with Gasteiger partial charge in [0.1, 0.15) is 23.0 Å².